The Bertz CT molecular complexity index is 1700. The number of imide groups is 1. The number of hydrogen-bond donors (Lipinski definition) is 3. The molecule has 0 saturated carbocycles. The number of carboxylic acids is 1. The van der Waals surface area contributed by atoms with Crippen molar-refractivity contribution in [3.8, 4) is 0 Å². The highest BCUT2D eigenvalue weighted by Crippen LogP contribution is 2.40. The predicted molar refractivity (Wildman–Crippen MR) is 156 cm³/mol. The topological polar surface area (TPSA) is 200 Å². The van der Waals surface area contributed by atoms with E-state index in [9.17, 15) is 42.3 Å². The van der Waals surface area contributed by atoms with Crippen molar-refractivity contribution in [3.05, 3.63) is 77.5 Å². The molecule has 0 radical (unpaired) electrons. The number of hydrogen-bond acceptors (Lipinski definition) is 10. The van der Waals surface area contributed by atoms with Gasteiger partial charge in [0, 0.05) is 18.2 Å². The second-order valence-electron chi connectivity index (χ2n) is 10.1. The van der Waals surface area contributed by atoms with Crippen LogP contribution in [-0.4, -0.2) is 100 Å². The van der Waals surface area contributed by atoms with Gasteiger partial charge in [0.25, 0.3) is 15.9 Å². The minimum atomic E-state index is -4.23. The SMILES string of the molecule is CC(=O)OCC1=C(C(=O)O)N2C(=O)C(NC(=O)C(NC(=O)N3CCN(S(=O)(=O)c4ccccc4)C3=O)c3ccccc3)[C@@H]2SC1. The number of thioether (sulfide) groups is 1. The van der Waals surface area contributed by atoms with Crippen LogP contribution in [-0.2, 0) is 33.9 Å². The number of nitrogens with one attached hydrogen (secondary N) is 2. The van der Waals surface area contributed by atoms with E-state index in [4.69, 9.17) is 4.74 Å². The van der Waals surface area contributed by atoms with Crippen LogP contribution in [0.3, 0.4) is 0 Å². The van der Waals surface area contributed by atoms with Crippen molar-refractivity contribution in [3.63, 3.8) is 0 Å². The van der Waals surface area contributed by atoms with Gasteiger partial charge in [0.05, 0.1) is 18.0 Å². The van der Waals surface area contributed by atoms with Crippen molar-refractivity contribution in [2.45, 2.75) is 29.3 Å². The zero-order valence-electron chi connectivity index (χ0n) is 23.6. The molecule has 0 bridgehead atoms. The Hall–Kier alpha value is -4.90. The molecule has 3 aliphatic heterocycles. The quantitative estimate of drug-likeness (QED) is 0.255. The van der Waals surface area contributed by atoms with E-state index in [2.05, 4.69) is 10.6 Å². The summed E-state index contributed by atoms with van der Waals surface area (Å²) in [6, 6.07) is 10.6. The number of β-lactam (4-membered cyclic amide) rings is 1. The summed E-state index contributed by atoms with van der Waals surface area (Å²) in [6.45, 7) is 0.299. The average molecular weight is 658 g/mol. The molecule has 5 rings (SSSR count). The minimum absolute atomic E-state index is 0.119. The van der Waals surface area contributed by atoms with Crippen LogP contribution in [0.5, 0.6) is 0 Å². The number of fused-ring (bicyclic) bond motifs is 1. The zero-order valence-corrected chi connectivity index (χ0v) is 25.2. The molecule has 2 aromatic rings. The number of carbonyl (C=O) groups is 6. The monoisotopic (exact) mass is 657 g/mol. The fraction of sp³-hybridized carbons (Fsp3) is 0.286. The third-order valence-corrected chi connectivity index (χ3v) is 10.3. The van der Waals surface area contributed by atoms with Gasteiger partial charge in [-0.25, -0.2) is 32.0 Å². The van der Waals surface area contributed by atoms with Gasteiger partial charge in [0.1, 0.15) is 29.8 Å². The highest BCUT2D eigenvalue weighted by Gasteiger charge is 2.54. The Morgan fingerprint density at radius 3 is 2.29 bits per heavy atom. The molecule has 2 aromatic carbocycles. The van der Waals surface area contributed by atoms with Crippen LogP contribution in [0.15, 0.2) is 76.8 Å². The van der Waals surface area contributed by atoms with E-state index in [0.717, 1.165) is 4.90 Å². The molecule has 6 amide bonds. The molecule has 2 fully saturated rings. The Balaban J connectivity index is 1.31. The Morgan fingerprint density at radius 2 is 1.67 bits per heavy atom. The fourth-order valence-corrected chi connectivity index (χ4v) is 7.72. The van der Waals surface area contributed by atoms with Gasteiger partial charge in [0.15, 0.2) is 0 Å². The van der Waals surface area contributed by atoms with E-state index in [1.165, 1.54) is 43.0 Å². The van der Waals surface area contributed by atoms with Gasteiger partial charge in [-0.15, -0.1) is 11.8 Å². The van der Waals surface area contributed by atoms with E-state index in [1.807, 2.05) is 0 Å². The molecule has 236 valence electrons. The third kappa shape index (κ3) is 6.08. The van der Waals surface area contributed by atoms with Crippen molar-refractivity contribution in [2.75, 3.05) is 25.4 Å². The summed E-state index contributed by atoms with van der Waals surface area (Å²) in [6.07, 6.45) is 0. The van der Waals surface area contributed by atoms with Crippen molar-refractivity contribution >= 4 is 57.6 Å². The third-order valence-electron chi connectivity index (χ3n) is 7.21. The number of benzene rings is 2. The van der Waals surface area contributed by atoms with E-state index >= 15 is 0 Å². The maximum atomic E-state index is 13.6. The molecule has 45 heavy (non-hydrogen) atoms. The number of rotatable bonds is 9. The molecular formula is C28H27N5O10S2. The molecule has 2 saturated heterocycles. The maximum absolute atomic E-state index is 13.6. The van der Waals surface area contributed by atoms with Crippen LogP contribution < -0.4 is 10.6 Å². The predicted octanol–water partition coefficient (Wildman–Crippen LogP) is 0.866. The van der Waals surface area contributed by atoms with Gasteiger partial charge in [-0.2, -0.15) is 0 Å². The fourth-order valence-electron chi connectivity index (χ4n) is 5.01. The van der Waals surface area contributed by atoms with Gasteiger partial charge in [-0.3, -0.25) is 19.3 Å². The summed E-state index contributed by atoms with van der Waals surface area (Å²) in [4.78, 5) is 77.8. The number of sulfonamides is 1. The standard InChI is InChI=1S/C28H27N5O10S2/c1-16(34)43-14-18-15-44-25-21(24(36)33(25)22(18)26(37)38)29-23(35)20(17-8-4-2-5-9-17)30-27(39)31-12-13-32(28(31)40)45(41,42)19-10-6-3-7-11-19/h2-11,20-21,25H,12-15H2,1H3,(H,29,35)(H,30,39)(H,37,38)/t20?,21?,25-/m0/s1. The summed E-state index contributed by atoms with van der Waals surface area (Å²) in [5.41, 5.74) is 0.203. The van der Waals surface area contributed by atoms with Gasteiger partial charge in [0.2, 0.25) is 5.91 Å². The van der Waals surface area contributed by atoms with Crippen LogP contribution in [0.2, 0.25) is 0 Å². The van der Waals surface area contributed by atoms with E-state index in [1.54, 1.807) is 36.4 Å². The van der Waals surface area contributed by atoms with Crippen LogP contribution in [0.1, 0.15) is 18.5 Å². The summed E-state index contributed by atoms with van der Waals surface area (Å²) >= 11 is 1.17. The van der Waals surface area contributed by atoms with E-state index in [0.29, 0.717) is 14.8 Å². The molecule has 0 aliphatic carbocycles. The molecule has 3 heterocycles. The lowest BCUT2D eigenvalue weighted by Crippen LogP contribution is -2.71. The number of urea groups is 2. The number of esters is 1. The molecule has 3 N–H and O–H groups in total. The molecule has 0 aromatic heterocycles. The minimum Gasteiger partial charge on any atom is -0.477 e. The number of carboxylic acid groups (broad SMARTS) is 1. The summed E-state index contributed by atoms with van der Waals surface area (Å²) in [5.74, 6) is -3.43. The van der Waals surface area contributed by atoms with Crippen LogP contribution in [0.4, 0.5) is 9.59 Å². The zero-order chi connectivity index (χ0) is 32.5. The van der Waals surface area contributed by atoms with Crippen LogP contribution in [0.25, 0.3) is 0 Å². The largest absolute Gasteiger partial charge is 0.477 e. The molecule has 3 atom stereocenters. The van der Waals surface area contributed by atoms with E-state index < -0.39 is 63.3 Å². The lowest BCUT2D eigenvalue weighted by molar-refractivity contribution is -0.151. The number of amides is 6. The Labute approximate surface area is 261 Å². The molecule has 0 spiro atoms. The Kier molecular flexibility index (Phi) is 8.83. The second-order valence-corrected chi connectivity index (χ2v) is 13.0. The van der Waals surface area contributed by atoms with Gasteiger partial charge in [-0.05, 0) is 17.7 Å². The van der Waals surface area contributed by atoms with Crippen molar-refractivity contribution < 1.29 is 47.0 Å². The molecule has 3 aliphatic rings. The Morgan fingerprint density at radius 1 is 1.02 bits per heavy atom. The first-order chi connectivity index (χ1) is 21.4. The average Bonchev–Trinajstić information content (AvgIpc) is 3.43. The van der Waals surface area contributed by atoms with Gasteiger partial charge >= 0.3 is 24.0 Å². The molecule has 15 nitrogen and oxygen atoms in total. The summed E-state index contributed by atoms with van der Waals surface area (Å²) in [7, 11) is -4.23. The highest BCUT2D eigenvalue weighted by atomic mass is 32.2. The first-order valence-electron chi connectivity index (χ1n) is 13.5. The maximum Gasteiger partial charge on any atom is 0.352 e. The lowest BCUT2D eigenvalue weighted by Gasteiger charge is -2.49. The first-order valence-corrected chi connectivity index (χ1v) is 16.0. The number of carbonyl (C=O) groups excluding carboxylic acids is 5. The van der Waals surface area contributed by atoms with Crippen molar-refractivity contribution in [2.24, 2.45) is 0 Å². The van der Waals surface area contributed by atoms with Crippen LogP contribution in [0, 0.1) is 0 Å². The molecular weight excluding hydrogens is 630 g/mol. The normalized spacial score (nSPS) is 20.2. The van der Waals surface area contributed by atoms with E-state index in [-0.39, 0.29) is 41.6 Å². The summed E-state index contributed by atoms with van der Waals surface area (Å²) in [5, 5.41) is 14.0. The van der Waals surface area contributed by atoms with Gasteiger partial charge in [-0.1, -0.05) is 48.5 Å². The van der Waals surface area contributed by atoms with Crippen LogP contribution >= 0.6 is 11.8 Å². The summed E-state index contributed by atoms with van der Waals surface area (Å²) < 4.78 is 31.5. The first kappa shape index (κ1) is 31.5. The van der Waals surface area contributed by atoms with Crippen molar-refractivity contribution in [1.29, 1.82) is 0 Å². The number of nitrogens with zero attached hydrogens (tertiary/aromatic N) is 3. The molecule has 17 heteroatoms. The number of aliphatic carboxylic acids is 1. The smallest absolute Gasteiger partial charge is 0.352 e. The lowest BCUT2D eigenvalue weighted by atomic mass is 10.0. The highest BCUT2D eigenvalue weighted by molar-refractivity contribution is 8.00. The number of ether oxygens (including phenoxy) is 1. The second kappa shape index (κ2) is 12.6. The molecule has 2 unspecified atom stereocenters. The van der Waals surface area contributed by atoms with Crippen molar-refractivity contribution in [1.82, 2.24) is 24.7 Å². The van der Waals surface area contributed by atoms with Gasteiger partial charge < -0.3 is 20.5 Å².